The summed E-state index contributed by atoms with van der Waals surface area (Å²) in [4.78, 5) is 27.9. The molecule has 0 radical (unpaired) electrons. The number of hydrogen-bond acceptors (Lipinski definition) is 6. The fourth-order valence-corrected chi connectivity index (χ4v) is 4.70. The lowest BCUT2D eigenvalue weighted by atomic mass is 10.1. The number of ether oxygens (including phenoxy) is 2. The van der Waals surface area contributed by atoms with E-state index >= 15 is 0 Å². The first-order valence-corrected chi connectivity index (χ1v) is 13.9. The average Bonchev–Trinajstić information content (AvgIpc) is 2.85. The van der Waals surface area contributed by atoms with Gasteiger partial charge in [-0.05, 0) is 44.0 Å². The summed E-state index contributed by atoms with van der Waals surface area (Å²) in [6.45, 7) is 5.69. The van der Waals surface area contributed by atoms with Gasteiger partial charge >= 0.3 is 0 Å². The summed E-state index contributed by atoms with van der Waals surface area (Å²) >= 11 is 6.34. The number of carbonyl (C=O) groups is 2. The van der Waals surface area contributed by atoms with Crippen molar-refractivity contribution in [2.75, 3.05) is 30.3 Å². The third-order valence-electron chi connectivity index (χ3n) is 5.96. The van der Waals surface area contributed by atoms with E-state index in [2.05, 4.69) is 5.32 Å². The SMILES string of the molecule is CC[C@@H](C)NC(=O)[C@@H](C)N(Cc1ccccc1Cl)C(=O)CN(c1ccc2c(c1)OCCO2)S(C)(=O)=O. The van der Waals surface area contributed by atoms with Gasteiger partial charge in [-0.3, -0.25) is 13.9 Å². The molecule has 2 atom stereocenters. The van der Waals surface area contributed by atoms with Gasteiger partial charge in [0.1, 0.15) is 25.8 Å². The highest BCUT2D eigenvalue weighted by atomic mass is 35.5. The summed E-state index contributed by atoms with van der Waals surface area (Å²) < 4.78 is 37.6. The van der Waals surface area contributed by atoms with Crippen LogP contribution >= 0.6 is 11.6 Å². The van der Waals surface area contributed by atoms with E-state index < -0.39 is 28.5 Å². The number of hydrogen-bond donors (Lipinski definition) is 1. The Labute approximate surface area is 217 Å². The first-order valence-electron chi connectivity index (χ1n) is 11.7. The number of anilines is 1. The Kier molecular flexibility index (Phi) is 9.08. The molecule has 1 aliphatic heterocycles. The van der Waals surface area contributed by atoms with Gasteiger partial charge in [0.15, 0.2) is 11.5 Å². The quantitative estimate of drug-likeness (QED) is 0.499. The van der Waals surface area contributed by atoms with Crippen molar-refractivity contribution in [3.8, 4) is 11.5 Å². The van der Waals surface area contributed by atoms with Crippen LogP contribution in [0.3, 0.4) is 0 Å². The van der Waals surface area contributed by atoms with E-state index in [4.69, 9.17) is 21.1 Å². The van der Waals surface area contributed by atoms with Crippen LogP contribution in [0.15, 0.2) is 42.5 Å². The van der Waals surface area contributed by atoms with Gasteiger partial charge in [-0.1, -0.05) is 36.7 Å². The summed E-state index contributed by atoms with van der Waals surface area (Å²) in [5, 5.41) is 3.33. The summed E-state index contributed by atoms with van der Waals surface area (Å²) in [5.41, 5.74) is 0.894. The Morgan fingerprint density at radius 3 is 2.39 bits per heavy atom. The molecule has 1 N–H and O–H groups in total. The molecule has 11 heteroatoms. The number of rotatable bonds is 10. The number of fused-ring (bicyclic) bond motifs is 1. The molecule has 0 unspecified atom stereocenters. The Hall–Kier alpha value is -2.98. The second-order valence-electron chi connectivity index (χ2n) is 8.70. The summed E-state index contributed by atoms with van der Waals surface area (Å²) in [6.07, 6.45) is 1.75. The standard InChI is InChI=1S/C25H32ClN3O6S/c1-5-17(2)27-25(31)18(3)28(15-19-8-6-7-9-21(19)26)24(30)16-29(36(4,32)33)20-10-11-22-23(14-20)35-13-12-34-22/h6-11,14,17-18H,5,12-13,15-16H2,1-4H3,(H,27,31)/t17-,18-/m1/s1. The highest BCUT2D eigenvalue weighted by molar-refractivity contribution is 7.92. The zero-order chi connectivity index (χ0) is 26.5. The topological polar surface area (TPSA) is 105 Å². The molecule has 0 aromatic heterocycles. The molecule has 1 aliphatic rings. The smallest absolute Gasteiger partial charge is 0.244 e. The number of benzene rings is 2. The minimum atomic E-state index is -3.86. The van der Waals surface area contributed by atoms with E-state index in [0.717, 1.165) is 17.0 Å². The zero-order valence-electron chi connectivity index (χ0n) is 20.9. The second kappa shape index (κ2) is 11.8. The maximum Gasteiger partial charge on any atom is 0.244 e. The summed E-state index contributed by atoms with van der Waals surface area (Å²) in [7, 11) is -3.86. The average molecular weight is 538 g/mol. The molecule has 2 aromatic rings. The van der Waals surface area contributed by atoms with Crippen molar-refractivity contribution < 1.29 is 27.5 Å². The molecule has 9 nitrogen and oxygen atoms in total. The maximum atomic E-state index is 13.6. The Morgan fingerprint density at radius 2 is 1.75 bits per heavy atom. The van der Waals surface area contributed by atoms with E-state index in [0.29, 0.717) is 35.3 Å². The highest BCUT2D eigenvalue weighted by Gasteiger charge is 2.31. The summed E-state index contributed by atoms with van der Waals surface area (Å²) in [6, 6.07) is 10.7. The Balaban J connectivity index is 1.92. The number of sulfonamides is 1. The van der Waals surface area contributed by atoms with Crippen molar-refractivity contribution in [3.05, 3.63) is 53.1 Å². The van der Waals surface area contributed by atoms with Crippen LogP contribution in [-0.2, 0) is 26.2 Å². The molecular weight excluding hydrogens is 506 g/mol. The van der Waals surface area contributed by atoms with Crippen LogP contribution in [0.25, 0.3) is 0 Å². The van der Waals surface area contributed by atoms with E-state index in [1.165, 1.54) is 11.0 Å². The normalized spacial score (nSPS) is 14.5. The second-order valence-corrected chi connectivity index (χ2v) is 11.0. The molecule has 0 spiro atoms. The predicted molar refractivity (Wildman–Crippen MR) is 139 cm³/mol. The number of nitrogens with one attached hydrogen (secondary N) is 1. The first kappa shape index (κ1) is 27.6. The lowest BCUT2D eigenvalue weighted by Gasteiger charge is -2.32. The Morgan fingerprint density at radius 1 is 1.08 bits per heavy atom. The lowest BCUT2D eigenvalue weighted by Crippen LogP contribution is -2.52. The van der Waals surface area contributed by atoms with Gasteiger partial charge in [0.05, 0.1) is 11.9 Å². The fraction of sp³-hybridized carbons (Fsp3) is 0.440. The van der Waals surface area contributed by atoms with Crippen molar-refractivity contribution >= 4 is 39.1 Å². The van der Waals surface area contributed by atoms with Gasteiger partial charge in [-0.15, -0.1) is 0 Å². The van der Waals surface area contributed by atoms with Gasteiger partial charge in [0.2, 0.25) is 21.8 Å². The molecule has 2 amide bonds. The fourth-order valence-electron chi connectivity index (χ4n) is 3.66. The molecule has 196 valence electrons. The van der Waals surface area contributed by atoms with Gasteiger partial charge in [-0.2, -0.15) is 0 Å². The van der Waals surface area contributed by atoms with Gasteiger partial charge in [-0.25, -0.2) is 8.42 Å². The minimum Gasteiger partial charge on any atom is -0.486 e. The molecule has 0 bridgehead atoms. The van der Waals surface area contributed by atoms with Crippen molar-refractivity contribution in [2.24, 2.45) is 0 Å². The van der Waals surface area contributed by atoms with E-state index in [-0.39, 0.29) is 24.2 Å². The van der Waals surface area contributed by atoms with Crippen molar-refractivity contribution in [3.63, 3.8) is 0 Å². The van der Waals surface area contributed by atoms with Gasteiger partial charge < -0.3 is 19.7 Å². The van der Waals surface area contributed by atoms with Crippen LogP contribution < -0.4 is 19.1 Å². The van der Waals surface area contributed by atoms with Crippen LogP contribution in [-0.4, -0.2) is 63.2 Å². The van der Waals surface area contributed by atoms with Crippen LogP contribution in [0, 0.1) is 0 Å². The number of carbonyl (C=O) groups excluding carboxylic acids is 2. The number of nitrogens with zero attached hydrogens (tertiary/aromatic N) is 2. The summed E-state index contributed by atoms with van der Waals surface area (Å²) in [5.74, 6) is 0.00607. The molecule has 0 fully saturated rings. The van der Waals surface area contributed by atoms with Crippen LogP contribution in [0.1, 0.15) is 32.8 Å². The third kappa shape index (κ3) is 6.82. The predicted octanol–water partition coefficient (Wildman–Crippen LogP) is 3.21. The molecule has 0 aliphatic carbocycles. The van der Waals surface area contributed by atoms with Gasteiger partial charge in [0.25, 0.3) is 0 Å². The van der Waals surface area contributed by atoms with Crippen LogP contribution in [0.5, 0.6) is 11.5 Å². The molecular formula is C25H32ClN3O6S. The van der Waals surface area contributed by atoms with Crippen molar-refractivity contribution in [1.29, 1.82) is 0 Å². The molecule has 2 aromatic carbocycles. The van der Waals surface area contributed by atoms with Crippen LogP contribution in [0.4, 0.5) is 5.69 Å². The van der Waals surface area contributed by atoms with Crippen molar-refractivity contribution in [1.82, 2.24) is 10.2 Å². The Bertz CT molecular complexity index is 1210. The van der Waals surface area contributed by atoms with E-state index in [1.54, 1.807) is 43.3 Å². The van der Waals surface area contributed by atoms with Gasteiger partial charge in [0, 0.05) is 23.7 Å². The molecule has 1 heterocycles. The number of amides is 2. The molecule has 36 heavy (non-hydrogen) atoms. The third-order valence-corrected chi connectivity index (χ3v) is 7.47. The van der Waals surface area contributed by atoms with Crippen molar-refractivity contribution in [2.45, 2.75) is 45.8 Å². The highest BCUT2D eigenvalue weighted by Crippen LogP contribution is 2.34. The molecule has 3 rings (SSSR count). The zero-order valence-corrected chi connectivity index (χ0v) is 22.4. The van der Waals surface area contributed by atoms with E-state index in [1.807, 2.05) is 13.8 Å². The van der Waals surface area contributed by atoms with Crippen LogP contribution in [0.2, 0.25) is 5.02 Å². The van der Waals surface area contributed by atoms with E-state index in [9.17, 15) is 18.0 Å². The monoisotopic (exact) mass is 537 g/mol. The molecule has 0 saturated carbocycles. The number of halogens is 1. The molecule has 0 saturated heterocycles. The minimum absolute atomic E-state index is 0.0341. The first-order chi connectivity index (χ1) is 17.0. The maximum absolute atomic E-state index is 13.6. The largest absolute Gasteiger partial charge is 0.486 e. The lowest BCUT2D eigenvalue weighted by molar-refractivity contribution is -0.139.